The van der Waals surface area contributed by atoms with Gasteiger partial charge in [-0.05, 0) is 77.1 Å². The molecule has 0 fully saturated rings. The van der Waals surface area contributed by atoms with Crippen LogP contribution in [-0.2, 0) is 28.9 Å². The van der Waals surface area contributed by atoms with Gasteiger partial charge in [0.1, 0.15) is 10.8 Å². The second kappa shape index (κ2) is 12.7. The van der Waals surface area contributed by atoms with Crippen LogP contribution in [0.1, 0.15) is 73.3 Å². The van der Waals surface area contributed by atoms with Gasteiger partial charge in [0.2, 0.25) is 5.91 Å². The summed E-state index contributed by atoms with van der Waals surface area (Å²) in [5.41, 5.74) is 1.52. The van der Waals surface area contributed by atoms with Gasteiger partial charge in [-0.25, -0.2) is 4.79 Å². The third-order valence-electron chi connectivity index (χ3n) is 5.93. The van der Waals surface area contributed by atoms with Gasteiger partial charge < -0.3 is 19.4 Å². The maximum Gasteiger partial charge on any atom is 0.341 e. The molecule has 0 aliphatic heterocycles. The van der Waals surface area contributed by atoms with Gasteiger partial charge in [-0.2, -0.15) is 0 Å². The molecule has 4 rings (SSSR count). The van der Waals surface area contributed by atoms with Crippen molar-refractivity contribution in [1.82, 2.24) is 14.8 Å². The quantitative estimate of drug-likeness (QED) is 0.199. The van der Waals surface area contributed by atoms with Crippen LogP contribution in [0.25, 0.3) is 0 Å². The number of amides is 1. The van der Waals surface area contributed by atoms with Crippen LogP contribution in [0.15, 0.2) is 23.4 Å². The van der Waals surface area contributed by atoms with Crippen molar-refractivity contribution in [2.75, 3.05) is 11.1 Å². The minimum absolute atomic E-state index is 0.109. The molecule has 2 heterocycles. The lowest BCUT2D eigenvalue weighted by Gasteiger charge is -2.16. The van der Waals surface area contributed by atoms with Gasteiger partial charge in [0.15, 0.2) is 17.1 Å². The van der Waals surface area contributed by atoms with Gasteiger partial charge in [0.05, 0.1) is 22.4 Å². The molecule has 12 heteroatoms. The van der Waals surface area contributed by atoms with E-state index in [1.807, 2.05) is 32.3 Å². The second-order valence-corrected chi connectivity index (χ2v) is 12.0. The molecular formula is C26H30Cl2N4O4S2. The Hall–Kier alpha value is -2.27. The number of aryl methyl sites for hydroxylation is 1. The van der Waals surface area contributed by atoms with Gasteiger partial charge in [-0.3, -0.25) is 4.79 Å². The molecule has 8 nitrogen and oxygen atoms in total. The Labute approximate surface area is 240 Å². The summed E-state index contributed by atoms with van der Waals surface area (Å²) >= 11 is 15.0. The lowest BCUT2D eigenvalue weighted by Crippen LogP contribution is -2.19. The van der Waals surface area contributed by atoms with E-state index in [0.29, 0.717) is 43.9 Å². The van der Waals surface area contributed by atoms with Gasteiger partial charge >= 0.3 is 5.97 Å². The first kappa shape index (κ1) is 28.7. The monoisotopic (exact) mass is 596 g/mol. The number of nitrogens with one attached hydrogen (secondary N) is 1. The van der Waals surface area contributed by atoms with Crippen LogP contribution < -0.4 is 10.1 Å². The van der Waals surface area contributed by atoms with Crippen molar-refractivity contribution >= 4 is 63.2 Å². The molecule has 1 unspecified atom stereocenters. The van der Waals surface area contributed by atoms with E-state index in [-0.39, 0.29) is 23.7 Å². The first-order chi connectivity index (χ1) is 18.2. The summed E-state index contributed by atoms with van der Waals surface area (Å²) in [6.45, 7) is 8.07. The molecular weight excluding hydrogens is 567 g/mol. The highest BCUT2D eigenvalue weighted by molar-refractivity contribution is 7.99. The second-order valence-electron chi connectivity index (χ2n) is 9.13. The van der Waals surface area contributed by atoms with E-state index < -0.39 is 6.10 Å². The number of rotatable bonds is 10. The number of aromatic nitrogens is 3. The summed E-state index contributed by atoms with van der Waals surface area (Å²) in [5, 5.41) is 13.6. The van der Waals surface area contributed by atoms with Gasteiger partial charge in [0.25, 0.3) is 0 Å². The normalized spacial score (nSPS) is 13.8. The number of benzene rings is 1. The van der Waals surface area contributed by atoms with E-state index in [0.717, 1.165) is 36.1 Å². The fraction of sp³-hybridized carbons (Fsp3) is 0.462. The molecule has 1 N–H and O–H groups in total. The Kier molecular flexibility index (Phi) is 9.62. The minimum Gasteiger partial charge on any atom is -0.481 e. The summed E-state index contributed by atoms with van der Waals surface area (Å²) in [7, 11) is 0. The van der Waals surface area contributed by atoms with E-state index in [4.69, 9.17) is 32.7 Å². The highest BCUT2D eigenvalue weighted by Crippen LogP contribution is 2.39. The van der Waals surface area contributed by atoms with E-state index in [1.54, 1.807) is 18.2 Å². The standard InChI is InChI=1S/C26H30Cl2N4O4S2/c1-5-32-23(15(4)36-19-11-10-16(27)12-18(19)28)30-31-26(32)37-13-21(33)29-24-22(25(34)35-14(2)3)17-8-6-7-9-20(17)38-24/h10-12,14-15H,5-9,13H2,1-4H3,(H,29,33). The number of thioether (sulfide) groups is 1. The summed E-state index contributed by atoms with van der Waals surface area (Å²) in [6, 6.07) is 5.03. The van der Waals surface area contributed by atoms with E-state index in [2.05, 4.69) is 15.5 Å². The molecule has 38 heavy (non-hydrogen) atoms. The number of thiophene rings is 1. The first-order valence-electron chi connectivity index (χ1n) is 12.5. The van der Waals surface area contributed by atoms with Crippen molar-refractivity contribution in [3.05, 3.63) is 50.1 Å². The Bertz CT molecular complexity index is 1320. The zero-order chi connectivity index (χ0) is 27.4. The average Bonchev–Trinajstić information content (AvgIpc) is 3.44. The number of fused-ring (bicyclic) bond motifs is 1. The maximum atomic E-state index is 13.0. The smallest absolute Gasteiger partial charge is 0.341 e. The van der Waals surface area contributed by atoms with Crippen molar-refractivity contribution < 1.29 is 19.1 Å². The molecule has 3 aromatic rings. The number of carbonyl (C=O) groups is 2. The van der Waals surface area contributed by atoms with Crippen LogP contribution in [-0.4, -0.2) is 38.5 Å². The Balaban J connectivity index is 1.44. The van der Waals surface area contributed by atoms with Crippen molar-refractivity contribution in [3.63, 3.8) is 0 Å². The Morgan fingerprint density at radius 2 is 1.95 bits per heavy atom. The van der Waals surface area contributed by atoms with Crippen molar-refractivity contribution in [2.24, 2.45) is 0 Å². The molecule has 1 aliphatic carbocycles. The van der Waals surface area contributed by atoms with Crippen molar-refractivity contribution in [1.29, 1.82) is 0 Å². The summed E-state index contributed by atoms with van der Waals surface area (Å²) < 4.78 is 13.4. The molecule has 1 aliphatic rings. The number of anilines is 1. The highest BCUT2D eigenvalue weighted by atomic mass is 35.5. The lowest BCUT2D eigenvalue weighted by atomic mass is 9.95. The molecule has 2 aromatic heterocycles. The van der Waals surface area contributed by atoms with Gasteiger partial charge in [0, 0.05) is 16.4 Å². The van der Waals surface area contributed by atoms with Gasteiger partial charge in [-0.1, -0.05) is 35.0 Å². The van der Waals surface area contributed by atoms with Gasteiger partial charge in [-0.15, -0.1) is 21.5 Å². The molecule has 0 saturated heterocycles. The molecule has 204 valence electrons. The largest absolute Gasteiger partial charge is 0.481 e. The number of nitrogens with zero attached hydrogens (tertiary/aromatic N) is 3. The number of carbonyl (C=O) groups excluding carboxylic acids is 2. The Morgan fingerprint density at radius 1 is 1.18 bits per heavy atom. The van der Waals surface area contributed by atoms with E-state index in [1.165, 1.54) is 23.1 Å². The van der Waals surface area contributed by atoms with Crippen molar-refractivity contribution in [3.8, 4) is 5.75 Å². The zero-order valence-corrected chi connectivity index (χ0v) is 24.8. The molecule has 0 spiro atoms. The predicted octanol–water partition coefficient (Wildman–Crippen LogP) is 6.98. The summed E-state index contributed by atoms with van der Waals surface area (Å²) in [6.07, 6.45) is 3.17. The van der Waals surface area contributed by atoms with Crippen LogP contribution in [0.5, 0.6) is 5.75 Å². The molecule has 0 bridgehead atoms. The Morgan fingerprint density at radius 3 is 2.66 bits per heavy atom. The number of esters is 1. The SMILES string of the molecule is CCn1c(SCC(=O)Nc2sc3c(c2C(=O)OC(C)C)CCCC3)nnc1C(C)Oc1ccc(Cl)cc1Cl. The molecule has 0 saturated carbocycles. The fourth-order valence-corrected chi connectivity index (χ4v) is 6.81. The predicted molar refractivity (Wildman–Crippen MR) is 152 cm³/mol. The highest BCUT2D eigenvalue weighted by Gasteiger charge is 2.28. The third-order valence-corrected chi connectivity index (χ3v) is 8.63. The number of hydrogen-bond acceptors (Lipinski definition) is 8. The minimum atomic E-state index is -0.434. The van der Waals surface area contributed by atoms with Crippen LogP contribution in [0.4, 0.5) is 5.00 Å². The van der Waals surface area contributed by atoms with E-state index in [9.17, 15) is 9.59 Å². The molecule has 0 radical (unpaired) electrons. The fourth-order valence-electron chi connectivity index (χ4n) is 4.25. The number of halogens is 2. The number of hydrogen-bond donors (Lipinski definition) is 1. The van der Waals surface area contributed by atoms with Crippen LogP contribution in [0, 0.1) is 0 Å². The van der Waals surface area contributed by atoms with Crippen LogP contribution >= 0.6 is 46.3 Å². The molecule has 1 aromatic carbocycles. The summed E-state index contributed by atoms with van der Waals surface area (Å²) in [5.74, 6) is 0.612. The van der Waals surface area contributed by atoms with Crippen molar-refractivity contribution in [2.45, 2.75) is 77.3 Å². The average molecular weight is 598 g/mol. The molecule has 1 atom stereocenters. The van der Waals surface area contributed by atoms with Crippen LogP contribution in [0.3, 0.4) is 0 Å². The maximum absolute atomic E-state index is 13.0. The number of ether oxygens (including phenoxy) is 2. The van der Waals surface area contributed by atoms with Crippen LogP contribution in [0.2, 0.25) is 10.0 Å². The summed E-state index contributed by atoms with van der Waals surface area (Å²) in [4.78, 5) is 27.0. The first-order valence-corrected chi connectivity index (χ1v) is 15.1. The lowest BCUT2D eigenvalue weighted by molar-refractivity contribution is -0.113. The topological polar surface area (TPSA) is 95.3 Å². The molecule has 1 amide bonds. The zero-order valence-electron chi connectivity index (χ0n) is 21.7. The third kappa shape index (κ3) is 6.65. The van der Waals surface area contributed by atoms with E-state index >= 15 is 0 Å².